The molecule has 1 atom stereocenters. The SMILES string of the molecule is CC(C)(C1CO1)N1CCCS1(=O)=O. The summed E-state index contributed by atoms with van der Waals surface area (Å²) in [5.74, 6) is 0.295. The van der Waals surface area contributed by atoms with Gasteiger partial charge in [0.05, 0.1) is 24.0 Å². The van der Waals surface area contributed by atoms with Crippen LogP contribution in [-0.4, -0.2) is 43.3 Å². The summed E-state index contributed by atoms with van der Waals surface area (Å²) < 4.78 is 30.0. The van der Waals surface area contributed by atoms with Crippen LogP contribution >= 0.6 is 0 Å². The zero-order valence-corrected chi connectivity index (χ0v) is 8.80. The Morgan fingerprint density at radius 2 is 2.08 bits per heavy atom. The molecule has 2 aliphatic heterocycles. The van der Waals surface area contributed by atoms with Crippen LogP contribution in [0.3, 0.4) is 0 Å². The van der Waals surface area contributed by atoms with Gasteiger partial charge in [-0.2, -0.15) is 4.31 Å². The van der Waals surface area contributed by atoms with Gasteiger partial charge in [-0.1, -0.05) is 0 Å². The number of hydrogen-bond acceptors (Lipinski definition) is 3. The Bertz CT molecular complexity index is 305. The summed E-state index contributed by atoms with van der Waals surface area (Å²) >= 11 is 0. The molecule has 0 aromatic carbocycles. The average Bonchev–Trinajstić information content (AvgIpc) is 2.76. The van der Waals surface area contributed by atoms with Gasteiger partial charge in [-0.25, -0.2) is 8.42 Å². The van der Waals surface area contributed by atoms with Crippen molar-refractivity contribution in [1.29, 1.82) is 0 Å². The van der Waals surface area contributed by atoms with Gasteiger partial charge < -0.3 is 4.74 Å². The fourth-order valence-corrected chi connectivity index (χ4v) is 3.86. The number of hydrogen-bond donors (Lipinski definition) is 0. The first-order chi connectivity index (χ1) is 5.94. The Labute approximate surface area is 78.9 Å². The molecule has 4 nitrogen and oxygen atoms in total. The first kappa shape index (κ1) is 9.43. The average molecular weight is 205 g/mol. The zero-order chi connectivity index (χ0) is 9.69. The fraction of sp³-hybridized carbons (Fsp3) is 1.00. The Kier molecular flexibility index (Phi) is 1.94. The molecule has 0 N–H and O–H groups in total. The molecule has 76 valence electrons. The Morgan fingerprint density at radius 3 is 2.46 bits per heavy atom. The number of epoxide rings is 1. The van der Waals surface area contributed by atoms with Crippen LogP contribution in [0.1, 0.15) is 20.3 Å². The minimum absolute atomic E-state index is 0.0976. The maximum atomic E-state index is 11.6. The van der Waals surface area contributed by atoms with E-state index in [1.807, 2.05) is 13.8 Å². The van der Waals surface area contributed by atoms with Gasteiger partial charge in [-0.15, -0.1) is 0 Å². The van der Waals surface area contributed by atoms with E-state index < -0.39 is 10.0 Å². The summed E-state index contributed by atoms with van der Waals surface area (Å²) in [5.41, 5.74) is -0.352. The molecule has 0 saturated carbocycles. The largest absolute Gasteiger partial charge is 0.371 e. The lowest BCUT2D eigenvalue weighted by Crippen LogP contribution is -2.48. The number of ether oxygens (including phenoxy) is 1. The van der Waals surface area contributed by atoms with Gasteiger partial charge in [0.25, 0.3) is 0 Å². The van der Waals surface area contributed by atoms with E-state index in [9.17, 15) is 8.42 Å². The van der Waals surface area contributed by atoms with Crippen molar-refractivity contribution in [2.75, 3.05) is 18.9 Å². The van der Waals surface area contributed by atoms with Crippen LogP contribution in [0.2, 0.25) is 0 Å². The monoisotopic (exact) mass is 205 g/mol. The topological polar surface area (TPSA) is 49.9 Å². The third-order valence-corrected chi connectivity index (χ3v) is 4.99. The van der Waals surface area contributed by atoms with Crippen molar-refractivity contribution in [3.63, 3.8) is 0 Å². The van der Waals surface area contributed by atoms with E-state index in [1.54, 1.807) is 4.31 Å². The van der Waals surface area contributed by atoms with Crippen molar-refractivity contribution in [1.82, 2.24) is 4.31 Å². The summed E-state index contributed by atoms with van der Waals surface area (Å²) in [6, 6.07) is 0. The van der Waals surface area contributed by atoms with E-state index in [0.29, 0.717) is 18.9 Å². The molecule has 2 heterocycles. The molecule has 0 amide bonds. The molecule has 1 unspecified atom stereocenters. The zero-order valence-electron chi connectivity index (χ0n) is 7.99. The molecule has 13 heavy (non-hydrogen) atoms. The molecule has 0 radical (unpaired) electrons. The van der Waals surface area contributed by atoms with Gasteiger partial charge in [0, 0.05) is 6.54 Å². The van der Waals surface area contributed by atoms with Gasteiger partial charge >= 0.3 is 0 Å². The standard InChI is InChI=1S/C8H15NO3S/c1-8(2,7-6-12-7)9-4-3-5-13(9,10)11/h7H,3-6H2,1-2H3. The van der Waals surface area contributed by atoms with Crippen LogP contribution in [-0.2, 0) is 14.8 Å². The van der Waals surface area contributed by atoms with Gasteiger partial charge in [-0.3, -0.25) is 0 Å². The third kappa shape index (κ3) is 1.49. The van der Waals surface area contributed by atoms with Gasteiger partial charge in [-0.05, 0) is 20.3 Å². The molecular formula is C8H15NO3S. The quantitative estimate of drug-likeness (QED) is 0.605. The van der Waals surface area contributed by atoms with Gasteiger partial charge in [0.15, 0.2) is 0 Å². The van der Waals surface area contributed by atoms with Crippen molar-refractivity contribution in [2.24, 2.45) is 0 Å². The molecule has 2 fully saturated rings. The van der Waals surface area contributed by atoms with Crippen molar-refractivity contribution < 1.29 is 13.2 Å². The molecule has 2 aliphatic rings. The predicted octanol–water partition coefficient (Wildman–Crippen LogP) is 0.199. The molecule has 2 saturated heterocycles. The van der Waals surface area contributed by atoms with Crippen LogP contribution < -0.4 is 0 Å². The summed E-state index contributed by atoms with van der Waals surface area (Å²) in [6.07, 6.45) is 0.846. The van der Waals surface area contributed by atoms with E-state index in [2.05, 4.69) is 0 Å². The predicted molar refractivity (Wildman–Crippen MR) is 48.9 cm³/mol. The second-order valence-corrected chi connectivity index (χ2v) is 6.23. The lowest BCUT2D eigenvalue weighted by Gasteiger charge is -2.32. The fourth-order valence-electron chi connectivity index (χ4n) is 1.90. The van der Waals surface area contributed by atoms with Crippen LogP contribution in [0.15, 0.2) is 0 Å². The minimum atomic E-state index is -3.00. The Morgan fingerprint density at radius 1 is 1.46 bits per heavy atom. The van der Waals surface area contributed by atoms with E-state index in [0.717, 1.165) is 6.42 Å². The number of rotatable bonds is 2. The van der Waals surface area contributed by atoms with E-state index in [4.69, 9.17) is 4.74 Å². The minimum Gasteiger partial charge on any atom is -0.371 e. The normalized spacial score (nSPS) is 33.5. The highest BCUT2D eigenvalue weighted by Gasteiger charge is 2.49. The lowest BCUT2D eigenvalue weighted by molar-refractivity contribution is 0.183. The summed E-state index contributed by atoms with van der Waals surface area (Å²) in [5, 5.41) is 0. The second-order valence-electron chi connectivity index (χ2n) is 4.22. The van der Waals surface area contributed by atoms with E-state index >= 15 is 0 Å². The molecule has 5 heteroatoms. The van der Waals surface area contributed by atoms with Gasteiger partial charge in [0.2, 0.25) is 10.0 Å². The summed E-state index contributed by atoms with van der Waals surface area (Å²) in [7, 11) is -3.00. The molecule has 2 rings (SSSR count). The van der Waals surface area contributed by atoms with Crippen molar-refractivity contribution in [3.8, 4) is 0 Å². The maximum absolute atomic E-state index is 11.6. The summed E-state index contributed by atoms with van der Waals surface area (Å²) in [4.78, 5) is 0. The molecule has 0 bridgehead atoms. The maximum Gasteiger partial charge on any atom is 0.214 e. The van der Waals surface area contributed by atoms with Crippen molar-refractivity contribution in [3.05, 3.63) is 0 Å². The van der Waals surface area contributed by atoms with Crippen LogP contribution in [0.5, 0.6) is 0 Å². The Balaban J connectivity index is 2.24. The highest BCUT2D eigenvalue weighted by Crippen LogP contribution is 2.34. The first-order valence-electron chi connectivity index (χ1n) is 4.57. The molecule has 0 aromatic heterocycles. The van der Waals surface area contributed by atoms with Crippen molar-refractivity contribution in [2.45, 2.75) is 31.9 Å². The van der Waals surface area contributed by atoms with E-state index in [-0.39, 0.29) is 11.6 Å². The lowest BCUT2D eigenvalue weighted by atomic mass is 10.0. The first-order valence-corrected chi connectivity index (χ1v) is 6.17. The molecular weight excluding hydrogens is 190 g/mol. The number of nitrogens with zero attached hydrogens (tertiary/aromatic N) is 1. The molecule has 0 spiro atoms. The van der Waals surface area contributed by atoms with Gasteiger partial charge in [0.1, 0.15) is 0 Å². The smallest absolute Gasteiger partial charge is 0.214 e. The van der Waals surface area contributed by atoms with E-state index in [1.165, 1.54) is 0 Å². The summed E-state index contributed by atoms with van der Waals surface area (Å²) in [6.45, 7) is 5.22. The second kappa shape index (κ2) is 2.68. The molecule has 0 aromatic rings. The van der Waals surface area contributed by atoms with Crippen molar-refractivity contribution >= 4 is 10.0 Å². The molecule has 0 aliphatic carbocycles. The Hall–Kier alpha value is -0.130. The third-order valence-electron chi connectivity index (χ3n) is 2.86. The highest BCUT2D eigenvalue weighted by molar-refractivity contribution is 7.89. The van der Waals surface area contributed by atoms with Crippen LogP contribution in [0.4, 0.5) is 0 Å². The van der Waals surface area contributed by atoms with Crippen LogP contribution in [0, 0.1) is 0 Å². The highest BCUT2D eigenvalue weighted by atomic mass is 32.2. The number of sulfonamides is 1. The van der Waals surface area contributed by atoms with Crippen LogP contribution in [0.25, 0.3) is 0 Å².